The lowest BCUT2D eigenvalue weighted by atomic mass is 10.2. The maximum absolute atomic E-state index is 10.4. The number of rotatable bonds is 8. The molecule has 84 valence electrons. The van der Waals surface area contributed by atoms with Crippen LogP contribution in [0.1, 0.15) is 19.8 Å². The summed E-state index contributed by atoms with van der Waals surface area (Å²) in [4.78, 5) is 12.2. The standard InChI is InChI=1S/C9H19NO4/c1-2-8(7-12)10(5-6-11)4-3-9(13)14/h8,11-12H,2-7H2,1H3,(H,13,14). The third-order valence-electron chi connectivity index (χ3n) is 2.20. The molecule has 0 amide bonds. The molecule has 0 saturated carbocycles. The van der Waals surface area contributed by atoms with E-state index in [4.69, 9.17) is 15.3 Å². The van der Waals surface area contributed by atoms with E-state index in [0.29, 0.717) is 13.1 Å². The first-order valence-electron chi connectivity index (χ1n) is 4.83. The zero-order chi connectivity index (χ0) is 11.0. The topological polar surface area (TPSA) is 81.0 Å². The highest BCUT2D eigenvalue weighted by atomic mass is 16.4. The van der Waals surface area contributed by atoms with Crippen LogP contribution in [0.3, 0.4) is 0 Å². The molecule has 5 heteroatoms. The smallest absolute Gasteiger partial charge is 0.304 e. The fraction of sp³-hybridized carbons (Fsp3) is 0.889. The van der Waals surface area contributed by atoms with Crippen LogP contribution in [0.4, 0.5) is 0 Å². The van der Waals surface area contributed by atoms with Gasteiger partial charge in [0.05, 0.1) is 19.6 Å². The molecule has 0 aromatic heterocycles. The van der Waals surface area contributed by atoms with Crippen molar-refractivity contribution in [1.82, 2.24) is 4.90 Å². The van der Waals surface area contributed by atoms with Gasteiger partial charge in [-0.25, -0.2) is 0 Å². The van der Waals surface area contributed by atoms with Crippen molar-refractivity contribution in [2.45, 2.75) is 25.8 Å². The molecular weight excluding hydrogens is 186 g/mol. The van der Waals surface area contributed by atoms with Crippen LogP contribution in [0.15, 0.2) is 0 Å². The van der Waals surface area contributed by atoms with Crippen molar-refractivity contribution in [3.8, 4) is 0 Å². The molecule has 0 aliphatic carbocycles. The van der Waals surface area contributed by atoms with Gasteiger partial charge in [0.1, 0.15) is 0 Å². The molecule has 3 N–H and O–H groups in total. The van der Waals surface area contributed by atoms with Gasteiger partial charge in [-0.1, -0.05) is 6.92 Å². The van der Waals surface area contributed by atoms with Crippen LogP contribution in [0.25, 0.3) is 0 Å². The predicted molar refractivity (Wildman–Crippen MR) is 52.1 cm³/mol. The van der Waals surface area contributed by atoms with Gasteiger partial charge in [0, 0.05) is 19.1 Å². The first-order chi connectivity index (χ1) is 6.65. The first kappa shape index (κ1) is 13.4. The number of hydrogen-bond acceptors (Lipinski definition) is 4. The Morgan fingerprint density at radius 3 is 2.36 bits per heavy atom. The van der Waals surface area contributed by atoms with E-state index in [1.54, 1.807) is 4.90 Å². The third-order valence-corrected chi connectivity index (χ3v) is 2.20. The molecule has 1 unspecified atom stereocenters. The number of hydrogen-bond donors (Lipinski definition) is 3. The van der Waals surface area contributed by atoms with Crippen LogP contribution in [-0.2, 0) is 4.79 Å². The predicted octanol–water partition coefficient (Wildman–Crippen LogP) is -0.474. The second-order valence-corrected chi connectivity index (χ2v) is 3.15. The summed E-state index contributed by atoms with van der Waals surface area (Å²) in [5.74, 6) is -0.860. The van der Waals surface area contributed by atoms with Crippen molar-refractivity contribution in [2.75, 3.05) is 26.3 Å². The van der Waals surface area contributed by atoms with Crippen molar-refractivity contribution in [1.29, 1.82) is 0 Å². The minimum atomic E-state index is -0.860. The van der Waals surface area contributed by atoms with Gasteiger partial charge in [-0.05, 0) is 6.42 Å². The maximum atomic E-state index is 10.4. The van der Waals surface area contributed by atoms with Gasteiger partial charge >= 0.3 is 5.97 Å². The Bertz CT molecular complexity index is 159. The molecule has 5 nitrogen and oxygen atoms in total. The van der Waals surface area contributed by atoms with Gasteiger partial charge in [0.15, 0.2) is 0 Å². The minimum absolute atomic E-state index is 0.00385. The van der Waals surface area contributed by atoms with Crippen LogP contribution in [-0.4, -0.2) is 58.5 Å². The summed E-state index contributed by atoms with van der Waals surface area (Å²) in [6.07, 6.45) is 0.784. The summed E-state index contributed by atoms with van der Waals surface area (Å²) in [7, 11) is 0. The molecule has 0 fully saturated rings. The molecule has 0 aliphatic rings. The number of aliphatic hydroxyl groups excluding tert-OH is 2. The average Bonchev–Trinajstić information content (AvgIpc) is 2.15. The molecular formula is C9H19NO4. The van der Waals surface area contributed by atoms with Crippen LogP contribution >= 0.6 is 0 Å². The van der Waals surface area contributed by atoms with Crippen molar-refractivity contribution in [3.63, 3.8) is 0 Å². The lowest BCUT2D eigenvalue weighted by Crippen LogP contribution is -2.40. The molecule has 0 aromatic rings. The Balaban J connectivity index is 4.04. The van der Waals surface area contributed by atoms with E-state index in [0.717, 1.165) is 6.42 Å². The number of nitrogens with zero attached hydrogens (tertiary/aromatic N) is 1. The van der Waals surface area contributed by atoms with Crippen LogP contribution < -0.4 is 0 Å². The van der Waals surface area contributed by atoms with Crippen molar-refractivity contribution in [2.24, 2.45) is 0 Å². The second-order valence-electron chi connectivity index (χ2n) is 3.15. The van der Waals surface area contributed by atoms with E-state index in [9.17, 15) is 4.79 Å². The monoisotopic (exact) mass is 205 g/mol. The summed E-state index contributed by atoms with van der Waals surface area (Å²) < 4.78 is 0. The number of carbonyl (C=O) groups is 1. The molecule has 0 aliphatic heterocycles. The molecule has 0 saturated heterocycles. The van der Waals surface area contributed by atoms with Crippen LogP contribution in [0, 0.1) is 0 Å². The molecule has 0 rings (SSSR count). The quantitative estimate of drug-likeness (QED) is 0.499. The van der Waals surface area contributed by atoms with Gasteiger partial charge in [-0.2, -0.15) is 0 Å². The van der Waals surface area contributed by atoms with E-state index >= 15 is 0 Å². The number of carboxylic acids is 1. The highest BCUT2D eigenvalue weighted by Gasteiger charge is 2.15. The zero-order valence-corrected chi connectivity index (χ0v) is 8.52. The Kier molecular flexibility index (Phi) is 7.37. The van der Waals surface area contributed by atoms with Crippen molar-refractivity contribution < 1.29 is 20.1 Å². The first-order valence-corrected chi connectivity index (χ1v) is 4.83. The van der Waals surface area contributed by atoms with E-state index in [-0.39, 0.29) is 25.7 Å². The molecule has 14 heavy (non-hydrogen) atoms. The highest BCUT2D eigenvalue weighted by Crippen LogP contribution is 2.04. The van der Waals surface area contributed by atoms with Crippen LogP contribution in [0.5, 0.6) is 0 Å². The second kappa shape index (κ2) is 7.73. The summed E-state index contributed by atoms with van der Waals surface area (Å²) >= 11 is 0. The zero-order valence-electron chi connectivity index (χ0n) is 8.52. The van der Waals surface area contributed by atoms with Gasteiger partial charge in [-0.3, -0.25) is 9.69 Å². The van der Waals surface area contributed by atoms with Gasteiger partial charge in [0.2, 0.25) is 0 Å². The molecule has 0 aromatic carbocycles. The Hall–Kier alpha value is -0.650. The Labute approximate surface area is 84.0 Å². The van der Waals surface area contributed by atoms with E-state index in [2.05, 4.69) is 0 Å². The maximum Gasteiger partial charge on any atom is 0.304 e. The van der Waals surface area contributed by atoms with E-state index < -0.39 is 5.97 Å². The summed E-state index contributed by atoms with van der Waals surface area (Å²) in [6.45, 7) is 2.68. The minimum Gasteiger partial charge on any atom is -0.481 e. The lowest BCUT2D eigenvalue weighted by Gasteiger charge is -2.28. The molecule has 1 atom stereocenters. The van der Waals surface area contributed by atoms with Crippen molar-refractivity contribution >= 4 is 5.97 Å². The highest BCUT2D eigenvalue weighted by molar-refractivity contribution is 5.66. The number of aliphatic hydroxyl groups is 2. The normalized spacial score (nSPS) is 13.1. The summed E-state index contributed by atoms with van der Waals surface area (Å²) in [5.41, 5.74) is 0. The van der Waals surface area contributed by atoms with E-state index in [1.165, 1.54) is 0 Å². The SMILES string of the molecule is CCC(CO)N(CCO)CCC(=O)O. The van der Waals surface area contributed by atoms with Gasteiger partial charge in [0.25, 0.3) is 0 Å². The van der Waals surface area contributed by atoms with Gasteiger partial charge < -0.3 is 15.3 Å². The molecule has 0 spiro atoms. The molecule has 0 radical (unpaired) electrons. The largest absolute Gasteiger partial charge is 0.481 e. The number of carboxylic acid groups (broad SMARTS) is 1. The number of aliphatic carboxylic acids is 1. The van der Waals surface area contributed by atoms with E-state index in [1.807, 2.05) is 6.92 Å². The Morgan fingerprint density at radius 2 is 2.00 bits per heavy atom. The Morgan fingerprint density at radius 1 is 1.36 bits per heavy atom. The molecule has 0 bridgehead atoms. The molecule has 0 heterocycles. The van der Waals surface area contributed by atoms with Crippen LogP contribution in [0.2, 0.25) is 0 Å². The fourth-order valence-corrected chi connectivity index (χ4v) is 1.35. The summed E-state index contributed by atoms with van der Waals surface area (Å²) in [6, 6.07) is -0.0542. The average molecular weight is 205 g/mol. The van der Waals surface area contributed by atoms with Crippen molar-refractivity contribution in [3.05, 3.63) is 0 Å². The lowest BCUT2D eigenvalue weighted by molar-refractivity contribution is -0.137. The van der Waals surface area contributed by atoms with Gasteiger partial charge in [-0.15, -0.1) is 0 Å². The fourth-order valence-electron chi connectivity index (χ4n) is 1.35. The third kappa shape index (κ3) is 5.16. The summed E-state index contributed by atoms with van der Waals surface area (Å²) in [5, 5.41) is 26.3.